The molecule has 116 valence electrons. The van der Waals surface area contributed by atoms with E-state index in [-0.39, 0.29) is 11.9 Å². The second-order valence-electron chi connectivity index (χ2n) is 5.28. The van der Waals surface area contributed by atoms with E-state index in [1.54, 1.807) is 25.6 Å². The lowest BCUT2D eigenvalue weighted by molar-refractivity contribution is 0.0734. The van der Waals surface area contributed by atoms with Crippen LogP contribution in [0.4, 0.5) is 0 Å². The van der Waals surface area contributed by atoms with Crippen molar-refractivity contribution in [1.29, 1.82) is 0 Å². The van der Waals surface area contributed by atoms with Crippen molar-refractivity contribution in [2.45, 2.75) is 18.9 Å². The number of likely N-dealkylation sites (tertiary alicyclic amines) is 1. The highest BCUT2D eigenvalue weighted by molar-refractivity contribution is 7.08. The van der Waals surface area contributed by atoms with Gasteiger partial charge in [0.15, 0.2) is 0 Å². The average Bonchev–Trinajstić information content (AvgIpc) is 3.24. The summed E-state index contributed by atoms with van der Waals surface area (Å²) in [6, 6.07) is 7.74. The van der Waals surface area contributed by atoms with Gasteiger partial charge in [-0.25, -0.2) is 0 Å². The summed E-state index contributed by atoms with van der Waals surface area (Å²) in [6.45, 7) is 0.786. The average molecular weight is 317 g/mol. The summed E-state index contributed by atoms with van der Waals surface area (Å²) >= 11 is 1.55. The monoisotopic (exact) mass is 317 g/mol. The first-order chi connectivity index (χ1) is 10.7. The quantitative estimate of drug-likeness (QED) is 0.862. The normalized spacial score (nSPS) is 17.5. The van der Waals surface area contributed by atoms with Gasteiger partial charge < -0.3 is 14.4 Å². The molecule has 22 heavy (non-hydrogen) atoms. The molecule has 3 rings (SSSR count). The van der Waals surface area contributed by atoms with Crippen molar-refractivity contribution < 1.29 is 14.3 Å². The number of methoxy groups -OCH3 is 2. The number of benzene rings is 1. The molecule has 5 heteroatoms. The summed E-state index contributed by atoms with van der Waals surface area (Å²) in [7, 11) is 3.29. The highest BCUT2D eigenvalue weighted by atomic mass is 32.1. The van der Waals surface area contributed by atoms with E-state index in [1.165, 1.54) is 0 Å². The Morgan fingerprint density at radius 1 is 1.27 bits per heavy atom. The molecule has 0 radical (unpaired) electrons. The van der Waals surface area contributed by atoms with Crippen LogP contribution in [0.25, 0.3) is 0 Å². The van der Waals surface area contributed by atoms with Crippen LogP contribution in [-0.4, -0.2) is 31.6 Å². The van der Waals surface area contributed by atoms with Crippen molar-refractivity contribution in [1.82, 2.24) is 4.90 Å². The Kier molecular flexibility index (Phi) is 4.34. The number of thiophene rings is 1. The van der Waals surface area contributed by atoms with Gasteiger partial charge in [-0.1, -0.05) is 0 Å². The number of ether oxygens (including phenoxy) is 2. The number of rotatable bonds is 4. The minimum Gasteiger partial charge on any atom is -0.497 e. The molecule has 1 fully saturated rings. The number of carbonyl (C=O) groups excluding carboxylic acids is 1. The van der Waals surface area contributed by atoms with E-state index < -0.39 is 0 Å². The predicted octanol–water partition coefficient (Wildman–Crippen LogP) is 3.74. The Bertz CT molecular complexity index is 654. The zero-order chi connectivity index (χ0) is 15.5. The van der Waals surface area contributed by atoms with Crippen LogP contribution < -0.4 is 9.47 Å². The third-order valence-corrected chi connectivity index (χ3v) is 4.76. The number of carbonyl (C=O) groups is 1. The third-order valence-electron chi connectivity index (χ3n) is 4.08. The largest absolute Gasteiger partial charge is 0.497 e. The van der Waals surface area contributed by atoms with E-state index >= 15 is 0 Å². The van der Waals surface area contributed by atoms with Crippen LogP contribution >= 0.6 is 11.3 Å². The second kappa shape index (κ2) is 6.40. The van der Waals surface area contributed by atoms with Crippen molar-refractivity contribution in [3.63, 3.8) is 0 Å². The number of amides is 1. The van der Waals surface area contributed by atoms with Crippen LogP contribution in [0.2, 0.25) is 0 Å². The predicted molar refractivity (Wildman–Crippen MR) is 86.9 cm³/mol. The molecule has 1 amide bonds. The Labute approximate surface area is 134 Å². The summed E-state index contributed by atoms with van der Waals surface area (Å²) in [4.78, 5) is 14.6. The van der Waals surface area contributed by atoms with Crippen LogP contribution in [0.15, 0.2) is 35.0 Å². The highest BCUT2D eigenvalue weighted by Crippen LogP contribution is 2.39. The van der Waals surface area contributed by atoms with Gasteiger partial charge in [0.05, 0.1) is 25.8 Å². The standard InChI is InChI=1S/C17H19NO3S/c1-20-13-5-6-14(16(10-13)21-2)15-4-3-8-18(15)17(19)12-7-9-22-11-12/h5-7,9-11,15H,3-4,8H2,1-2H3. The smallest absolute Gasteiger partial charge is 0.255 e. The van der Waals surface area contributed by atoms with Crippen molar-refractivity contribution in [3.8, 4) is 11.5 Å². The van der Waals surface area contributed by atoms with Gasteiger partial charge in [-0.05, 0) is 36.4 Å². The molecule has 2 heterocycles. The molecule has 2 aromatic rings. The van der Waals surface area contributed by atoms with Crippen LogP contribution in [0, 0.1) is 0 Å². The topological polar surface area (TPSA) is 38.8 Å². The molecular weight excluding hydrogens is 298 g/mol. The Morgan fingerprint density at radius 2 is 2.14 bits per heavy atom. The molecule has 1 aromatic heterocycles. The lowest BCUT2D eigenvalue weighted by Crippen LogP contribution is -2.30. The Morgan fingerprint density at radius 3 is 2.82 bits per heavy atom. The van der Waals surface area contributed by atoms with Gasteiger partial charge >= 0.3 is 0 Å². The van der Waals surface area contributed by atoms with Crippen molar-refractivity contribution in [3.05, 3.63) is 46.2 Å². The molecule has 1 aliphatic rings. The molecule has 0 aliphatic carbocycles. The first kappa shape index (κ1) is 14.9. The second-order valence-corrected chi connectivity index (χ2v) is 6.06. The van der Waals surface area contributed by atoms with E-state index in [0.717, 1.165) is 42.0 Å². The molecule has 0 saturated carbocycles. The summed E-state index contributed by atoms with van der Waals surface area (Å²) < 4.78 is 10.8. The van der Waals surface area contributed by atoms with Crippen molar-refractivity contribution >= 4 is 17.2 Å². The lowest BCUT2D eigenvalue weighted by Gasteiger charge is -2.26. The molecule has 1 aliphatic heterocycles. The van der Waals surface area contributed by atoms with E-state index in [2.05, 4.69) is 0 Å². The van der Waals surface area contributed by atoms with Gasteiger partial charge in [0.2, 0.25) is 0 Å². The van der Waals surface area contributed by atoms with Crippen LogP contribution in [0.5, 0.6) is 11.5 Å². The molecule has 4 nitrogen and oxygen atoms in total. The molecule has 1 unspecified atom stereocenters. The van der Waals surface area contributed by atoms with Gasteiger partial charge in [0, 0.05) is 23.6 Å². The van der Waals surface area contributed by atoms with Gasteiger partial charge in [-0.3, -0.25) is 4.79 Å². The molecule has 0 spiro atoms. The fraction of sp³-hybridized carbons (Fsp3) is 0.353. The van der Waals surface area contributed by atoms with Crippen LogP contribution in [0.1, 0.15) is 34.8 Å². The third kappa shape index (κ3) is 2.68. The maximum atomic E-state index is 12.7. The van der Waals surface area contributed by atoms with E-state index in [0.29, 0.717) is 0 Å². The number of hydrogen-bond donors (Lipinski definition) is 0. The number of nitrogens with zero attached hydrogens (tertiary/aromatic N) is 1. The first-order valence-electron chi connectivity index (χ1n) is 7.29. The number of hydrogen-bond acceptors (Lipinski definition) is 4. The molecule has 0 N–H and O–H groups in total. The minimum atomic E-state index is 0.0632. The maximum absolute atomic E-state index is 12.7. The molecule has 1 saturated heterocycles. The van der Waals surface area contributed by atoms with Gasteiger partial charge in [-0.15, -0.1) is 0 Å². The van der Waals surface area contributed by atoms with Gasteiger partial charge in [0.1, 0.15) is 11.5 Å². The van der Waals surface area contributed by atoms with Gasteiger partial charge in [-0.2, -0.15) is 11.3 Å². The summed E-state index contributed by atoms with van der Waals surface area (Å²) in [5.74, 6) is 1.63. The van der Waals surface area contributed by atoms with Crippen LogP contribution in [-0.2, 0) is 0 Å². The summed E-state index contributed by atoms with van der Waals surface area (Å²) in [5, 5.41) is 3.84. The maximum Gasteiger partial charge on any atom is 0.255 e. The van der Waals surface area contributed by atoms with Crippen molar-refractivity contribution in [2.75, 3.05) is 20.8 Å². The molecule has 1 atom stereocenters. The zero-order valence-corrected chi connectivity index (χ0v) is 13.6. The lowest BCUT2D eigenvalue weighted by atomic mass is 10.0. The van der Waals surface area contributed by atoms with Crippen LogP contribution in [0.3, 0.4) is 0 Å². The van der Waals surface area contributed by atoms with Crippen molar-refractivity contribution in [2.24, 2.45) is 0 Å². The van der Waals surface area contributed by atoms with E-state index in [9.17, 15) is 4.79 Å². The van der Waals surface area contributed by atoms with Gasteiger partial charge in [0.25, 0.3) is 5.91 Å². The van der Waals surface area contributed by atoms with E-state index in [1.807, 2.05) is 39.9 Å². The SMILES string of the molecule is COc1ccc(C2CCCN2C(=O)c2ccsc2)c(OC)c1. The summed E-state index contributed by atoms with van der Waals surface area (Å²) in [5.41, 5.74) is 1.81. The molecule has 1 aromatic carbocycles. The molecule has 0 bridgehead atoms. The first-order valence-corrected chi connectivity index (χ1v) is 8.24. The fourth-order valence-electron chi connectivity index (χ4n) is 2.98. The summed E-state index contributed by atoms with van der Waals surface area (Å²) in [6.07, 6.45) is 1.97. The fourth-order valence-corrected chi connectivity index (χ4v) is 3.61. The highest BCUT2D eigenvalue weighted by Gasteiger charge is 2.32. The zero-order valence-electron chi connectivity index (χ0n) is 12.7. The molecular formula is C17H19NO3S. The Hall–Kier alpha value is -2.01. The Balaban J connectivity index is 1.91. The minimum absolute atomic E-state index is 0.0632. The van der Waals surface area contributed by atoms with E-state index in [4.69, 9.17) is 9.47 Å².